The van der Waals surface area contributed by atoms with Gasteiger partial charge >= 0.3 is 0 Å². The molecular formula is C48H30N2S. The van der Waals surface area contributed by atoms with Gasteiger partial charge in [0.15, 0.2) is 0 Å². The summed E-state index contributed by atoms with van der Waals surface area (Å²) in [5, 5.41) is 7.76. The molecule has 0 spiro atoms. The van der Waals surface area contributed by atoms with E-state index in [1.54, 1.807) is 0 Å². The van der Waals surface area contributed by atoms with Crippen LogP contribution < -0.4 is 0 Å². The smallest absolute Gasteiger partial charge is 0.0634 e. The van der Waals surface area contributed by atoms with Crippen molar-refractivity contribution < 1.29 is 0 Å². The van der Waals surface area contributed by atoms with Crippen LogP contribution in [0.4, 0.5) is 0 Å². The minimum absolute atomic E-state index is 1.17. The predicted octanol–water partition coefficient (Wildman–Crippen LogP) is 13.6. The van der Waals surface area contributed by atoms with Crippen molar-refractivity contribution in [1.29, 1.82) is 0 Å². The van der Waals surface area contributed by atoms with Crippen molar-refractivity contribution in [2.24, 2.45) is 0 Å². The molecule has 0 N–H and O–H groups in total. The van der Waals surface area contributed by atoms with Crippen molar-refractivity contribution in [3.8, 4) is 33.6 Å². The first-order valence-corrected chi connectivity index (χ1v) is 18.3. The van der Waals surface area contributed by atoms with Crippen LogP contribution in [-0.2, 0) is 0 Å². The van der Waals surface area contributed by atoms with E-state index < -0.39 is 0 Å². The summed E-state index contributed by atoms with van der Waals surface area (Å²) in [7, 11) is 0. The average molecular weight is 667 g/mol. The van der Waals surface area contributed by atoms with Gasteiger partial charge in [-0.2, -0.15) is 0 Å². The Labute approximate surface area is 298 Å². The predicted molar refractivity (Wildman–Crippen MR) is 219 cm³/mol. The molecule has 3 aromatic heterocycles. The highest BCUT2D eigenvalue weighted by Crippen LogP contribution is 2.44. The second kappa shape index (κ2) is 11.0. The molecule has 0 aliphatic carbocycles. The van der Waals surface area contributed by atoms with Gasteiger partial charge in [0, 0.05) is 53.1 Å². The number of aromatic nitrogens is 2. The molecule has 51 heavy (non-hydrogen) atoms. The van der Waals surface area contributed by atoms with Crippen LogP contribution in [0.1, 0.15) is 0 Å². The van der Waals surface area contributed by atoms with Crippen molar-refractivity contribution in [2.75, 3.05) is 0 Å². The largest absolute Gasteiger partial charge is 0.309 e. The highest BCUT2D eigenvalue weighted by molar-refractivity contribution is 7.26. The first-order valence-electron chi connectivity index (χ1n) is 17.4. The monoisotopic (exact) mass is 666 g/mol. The van der Waals surface area contributed by atoms with Crippen LogP contribution in [0.5, 0.6) is 0 Å². The molecule has 0 saturated carbocycles. The summed E-state index contributed by atoms with van der Waals surface area (Å²) in [5.74, 6) is 0. The Kier molecular flexibility index (Phi) is 6.16. The summed E-state index contributed by atoms with van der Waals surface area (Å²) < 4.78 is 7.47. The Hall–Kier alpha value is -6.42. The van der Waals surface area contributed by atoms with E-state index in [1.165, 1.54) is 97.4 Å². The summed E-state index contributed by atoms with van der Waals surface area (Å²) in [6, 6.07) is 66.5. The van der Waals surface area contributed by atoms with Gasteiger partial charge in [-0.15, -0.1) is 11.3 Å². The molecule has 0 aliphatic heterocycles. The van der Waals surface area contributed by atoms with Crippen molar-refractivity contribution in [3.05, 3.63) is 182 Å². The topological polar surface area (TPSA) is 9.86 Å². The maximum Gasteiger partial charge on any atom is 0.0634 e. The lowest BCUT2D eigenvalue weighted by molar-refractivity contribution is 1.18. The van der Waals surface area contributed by atoms with E-state index in [0.29, 0.717) is 0 Å². The molecule has 8 aromatic carbocycles. The number of para-hydroxylation sites is 3. The molecule has 11 aromatic rings. The normalized spacial score (nSPS) is 11.9. The van der Waals surface area contributed by atoms with Gasteiger partial charge in [-0.25, -0.2) is 0 Å². The molecule has 0 radical (unpaired) electrons. The number of thiophene rings is 1. The maximum atomic E-state index is 2.47. The van der Waals surface area contributed by atoms with E-state index >= 15 is 0 Å². The van der Waals surface area contributed by atoms with E-state index in [1.807, 2.05) is 11.3 Å². The van der Waals surface area contributed by atoms with Gasteiger partial charge in [-0.3, -0.25) is 0 Å². The quantitative estimate of drug-likeness (QED) is 0.177. The van der Waals surface area contributed by atoms with Gasteiger partial charge in [-0.1, -0.05) is 127 Å². The van der Waals surface area contributed by atoms with Crippen LogP contribution in [0.15, 0.2) is 182 Å². The Balaban J connectivity index is 1.03. The lowest BCUT2D eigenvalue weighted by Crippen LogP contribution is -1.95. The van der Waals surface area contributed by atoms with Crippen LogP contribution in [0.2, 0.25) is 0 Å². The molecule has 0 saturated heterocycles. The van der Waals surface area contributed by atoms with E-state index in [2.05, 4.69) is 191 Å². The van der Waals surface area contributed by atoms with Crippen molar-refractivity contribution >= 4 is 75.1 Å². The third-order valence-electron chi connectivity index (χ3n) is 10.5. The number of rotatable bonds is 4. The highest BCUT2D eigenvalue weighted by Gasteiger charge is 2.19. The zero-order valence-corrected chi connectivity index (χ0v) is 28.4. The Bertz CT molecular complexity index is 3050. The maximum absolute atomic E-state index is 2.47. The fourth-order valence-corrected chi connectivity index (χ4v) is 9.35. The minimum Gasteiger partial charge on any atom is -0.309 e. The number of benzene rings is 8. The third-order valence-corrected chi connectivity index (χ3v) is 11.7. The highest BCUT2D eigenvalue weighted by atomic mass is 32.1. The van der Waals surface area contributed by atoms with Gasteiger partial charge in [0.2, 0.25) is 0 Å². The molecule has 2 nitrogen and oxygen atoms in total. The zero-order chi connectivity index (χ0) is 33.5. The zero-order valence-electron chi connectivity index (χ0n) is 27.6. The molecule has 0 bridgehead atoms. The van der Waals surface area contributed by atoms with Gasteiger partial charge in [0.05, 0.1) is 22.1 Å². The van der Waals surface area contributed by atoms with Gasteiger partial charge < -0.3 is 9.13 Å². The summed E-state index contributed by atoms with van der Waals surface area (Å²) in [6.07, 6.45) is 0. The second-order valence-corrected chi connectivity index (χ2v) is 14.4. The molecule has 0 atom stereocenters. The fraction of sp³-hybridized carbons (Fsp3) is 0. The molecule has 11 rings (SSSR count). The van der Waals surface area contributed by atoms with E-state index in [4.69, 9.17) is 0 Å². The molecule has 238 valence electrons. The van der Waals surface area contributed by atoms with Gasteiger partial charge in [0.1, 0.15) is 0 Å². The van der Waals surface area contributed by atoms with Crippen LogP contribution in [-0.4, -0.2) is 9.13 Å². The molecule has 3 heterocycles. The number of nitrogens with zero attached hydrogens (tertiary/aromatic N) is 2. The molecule has 3 heteroatoms. The lowest BCUT2D eigenvalue weighted by atomic mass is 10.0. The number of hydrogen-bond donors (Lipinski definition) is 0. The molecular weight excluding hydrogens is 637 g/mol. The first kappa shape index (κ1) is 28.4. The van der Waals surface area contributed by atoms with Crippen LogP contribution >= 0.6 is 11.3 Å². The Morgan fingerprint density at radius 1 is 0.314 bits per heavy atom. The SMILES string of the molecule is c1ccc(-c2ccc3c(c2)sc2ccc4c5ccccc5n(-c5ccc(-c6ccc(-n7c8ccccc8c8ccccc87)cc6)cc5)c4c23)cc1. The average Bonchev–Trinajstić information content (AvgIpc) is 3.86. The third kappa shape index (κ3) is 4.29. The molecule has 0 fully saturated rings. The second-order valence-electron chi connectivity index (χ2n) is 13.3. The van der Waals surface area contributed by atoms with Crippen molar-refractivity contribution in [2.45, 2.75) is 0 Å². The van der Waals surface area contributed by atoms with Crippen LogP contribution in [0.3, 0.4) is 0 Å². The van der Waals surface area contributed by atoms with Crippen molar-refractivity contribution in [3.63, 3.8) is 0 Å². The first-order chi connectivity index (χ1) is 25.3. The van der Waals surface area contributed by atoms with Gasteiger partial charge in [0.25, 0.3) is 0 Å². The van der Waals surface area contributed by atoms with Crippen molar-refractivity contribution in [1.82, 2.24) is 9.13 Å². The number of hydrogen-bond acceptors (Lipinski definition) is 1. The Morgan fingerprint density at radius 2 is 0.784 bits per heavy atom. The van der Waals surface area contributed by atoms with E-state index in [-0.39, 0.29) is 0 Å². The Morgan fingerprint density at radius 3 is 1.41 bits per heavy atom. The number of fused-ring (bicyclic) bond motifs is 10. The molecule has 0 amide bonds. The fourth-order valence-electron chi connectivity index (χ4n) is 8.20. The summed E-state index contributed by atoms with van der Waals surface area (Å²) in [6.45, 7) is 0. The van der Waals surface area contributed by atoms with E-state index in [9.17, 15) is 0 Å². The molecule has 0 unspecified atom stereocenters. The summed E-state index contributed by atoms with van der Waals surface area (Å²) >= 11 is 1.88. The van der Waals surface area contributed by atoms with Crippen LogP contribution in [0.25, 0.3) is 97.4 Å². The molecule has 0 aliphatic rings. The lowest BCUT2D eigenvalue weighted by Gasteiger charge is -2.12. The standard InChI is InChI=1S/C48H30N2S/c1-2-10-31(11-3-1)34-22-27-41-46(30-34)51-45-29-28-40-39-14-6-9-17-44(39)50(48(40)47(41)45)36-25-20-33(21-26-36)32-18-23-35(24-19-32)49-42-15-7-4-12-37(42)38-13-5-8-16-43(38)49/h1-30H. The summed E-state index contributed by atoms with van der Waals surface area (Å²) in [4.78, 5) is 0. The summed E-state index contributed by atoms with van der Waals surface area (Å²) in [5.41, 5.74) is 12.2. The van der Waals surface area contributed by atoms with E-state index in [0.717, 1.165) is 0 Å². The van der Waals surface area contributed by atoms with Gasteiger partial charge in [-0.05, 0) is 76.9 Å². The van der Waals surface area contributed by atoms with Crippen LogP contribution in [0, 0.1) is 0 Å². The minimum atomic E-state index is 1.17.